The van der Waals surface area contributed by atoms with Gasteiger partial charge in [0.15, 0.2) is 0 Å². The summed E-state index contributed by atoms with van der Waals surface area (Å²) in [5.41, 5.74) is -1.57. The number of nitro groups is 2. The molecule has 0 N–H and O–H groups in total. The zero-order valence-corrected chi connectivity index (χ0v) is 10.9. The van der Waals surface area contributed by atoms with Crippen molar-refractivity contribution in [1.29, 1.82) is 0 Å². The summed E-state index contributed by atoms with van der Waals surface area (Å²) < 4.78 is 35.4. The van der Waals surface area contributed by atoms with Crippen molar-refractivity contribution >= 4 is 11.4 Å². The Labute approximate surface area is 122 Å². The highest BCUT2D eigenvalue weighted by atomic mass is 19.4. The van der Waals surface area contributed by atoms with Gasteiger partial charge in [-0.3, -0.25) is 20.2 Å². The van der Waals surface area contributed by atoms with E-state index in [1.807, 2.05) is 0 Å². The fourth-order valence-electron chi connectivity index (χ4n) is 1.40. The fourth-order valence-corrected chi connectivity index (χ4v) is 1.40. The number of alkyl halides is 3. The van der Waals surface area contributed by atoms with Gasteiger partial charge in [0.1, 0.15) is 0 Å². The van der Waals surface area contributed by atoms with E-state index < -0.39 is 33.0 Å². The van der Waals surface area contributed by atoms with Crippen molar-refractivity contribution in [3.63, 3.8) is 0 Å². The van der Waals surface area contributed by atoms with E-state index in [9.17, 15) is 33.4 Å². The maximum absolute atomic E-state index is 11.8. The van der Waals surface area contributed by atoms with Gasteiger partial charge in [0.05, 0.1) is 15.4 Å². The highest BCUT2D eigenvalue weighted by Crippen LogP contribution is 2.28. The van der Waals surface area contributed by atoms with Crippen molar-refractivity contribution in [2.45, 2.75) is 6.18 Å². The third-order valence-corrected chi connectivity index (χ3v) is 2.38. The van der Waals surface area contributed by atoms with Crippen molar-refractivity contribution in [1.82, 2.24) is 0 Å². The van der Waals surface area contributed by atoms with Crippen LogP contribution >= 0.6 is 0 Å². The van der Waals surface area contributed by atoms with Gasteiger partial charge < -0.3 is 0 Å². The molecular formula is C13H9F3N2O4. The number of para-hydroxylation sites is 2. The van der Waals surface area contributed by atoms with E-state index in [0.29, 0.717) is 0 Å². The lowest BCUT2D eigenvalue weighted by atomic mass is 10.2. The minimum atomic E-state index is -4.21. The van der Waals surface area contributed by atoms with Crippen LogP contribution < -0.4 is 0 Å². The Balaban J connectivity index is 0.000000224. The number of hydrogen-bond acceptors (Lipinski definition) is 4. The Kier molecular flexibility index (Phi) is 5.56. The zero-order valence-electron chi connectivity index (χ0n) is 10.9. The third-order valence-electron chi connectivity index (χ3n) is 2.38. The summed E-state index contributed by atoms with van der Waals surface area (Å²) in [7, 11) is 0. The van der Waals surface area contributed by atoms with Gasteiger partial charge in [-0.05, 0) is 0 Å². The lowest BCUT2D eigenvalue weighted by Gasteiger charge is -2.03. The van der Waals surface area contributed by atoms with Crippen LogP contribution in [0.1, 0.15) is 5.56 Å². The topological polar surface area (TPSA) is 86.3 Å². The average molecular weight is 314 g/mol. The maximum atomic E-state index is 11.8. The molecule has 2 aromatic rings. The molecule has 0 fully saturated rings. The van der Waals surface area contributed by atoms with Crippen LogP contribution in [-0.4, -0.2) is 9.85 Å². The van der Waals surface area contributed by atoms with E-state index in [-0.39, 0.29) is 0 Å². The van der Waals surface area contributed by atoms with Crippen molar-refractivity contribution in [3.8, 4) is 0 Å². The molecular weight excluding hydrogens is 305 g/mol. The fraction of sp³-hybridized carbons (Fsp3) is 0.0769. The Morgan fingerprint density at radius 1 is 0.727 bits per heavy atom. The van der Waals surface area contributed by atoms with Crippen molar-refractivity contribution in [3.05, 3.63) is 80.4 Å². The van der Waals surface area contributed by atoms with E-state index in [2.05, 4.69) is 0 Å². The minimum absolute atomic E-state index is 0.484. The van der Waals surface area contributed by atoms with Crippen molar-refractivity contribution in [2.75, 3.05) is 0 Å². The van der Waals surface area contributed by atoms with Gasteiger partial charge in [0.25, 0.3) is 0 Å². The van der Waals surface area contributed by atoms with E-state index in [1.54, 1.807) is 6.07 Å². The summed E-state index contributed by atoms with van der Waals surface area (Å²) in [6, 6.07) is 11.3. The van der Waals surface area contributed by atoms with Gasteiger partial charge in [-0.2, -0.15) is 13.2 Å². The highest BCUT2D eigenvalue weighted by Gasteiger charge is 2.29. The molecule has 0 amide bonds. The molecule has 0 aromatic heterocycles. The van der Waals surface area contributed by atoms with E-state index >= 15 is 0 Å². The molecule has 0 spiro atoms. The molecule has 0 aliphatic heterocycles. The number of nitrogens with zero attached hydrogens (tertiary/aromatic N) is 2. The largest absolute Gasteiger partial charge is 0.416 e. The zero-order chi connectivity index (χ0) is 16.8. The van der Waals surface area contributed by atoms with Gasteiger partial charge in [-0.25, -0.2) is 0 Å². The van der Waals surface area contributed by atoms with Crippen LogP contribution in [0.25, 0.3) is 0 Å². The Hall–Kier alpha value is -2.97. The maximum Gasteiger partial charge on any atom is 0.416 e. The summed E-state index contributed by atoms with van der Waals surface area (Å²) in [6.45, 7) is 0. The standard InChI is InChI=1S/C7H5F3.C6H4N2O4/c8-7(9,10)6-4-2-1-3-5-6;9-7(10)5-3-1-2-4-6(5)8(11)12/h1-5H;1-4H. The average Bonchev–Trinajstić information content (AvgIpc) is 2.48. The molecule has 22 heavy (non-hydrogen) atoms. The summed E-state index contributed by atoms with van der Waals surface area (Å²) in [5.74, 6) is 0. The number of halogens is 3. The molecule has 0 bridgehead atoms. The SMILES string of the molecule is FC(F)(F)c1ccccc1.O=[N+]([O-])c1ccccc1[N+](=O)[O-]. The number of nitro benzene ring substituents is 2. The Morgan fingerprint density at radius 3 is 1.36 bits per heavy atom. The van der Waals surface area contributed by atoms with Crippen LogP contribution in [0.5, 0.6) is 0 Å². The molecule has 0 unspecified atom stereocenters. The lowest BCUT2D eigenvalue weighted by Crippen LogP contribution is -2.03. The molecule has 0 atom stereocenters. The second-order valence-corrected chi connectivity index (χ2v) is 3.87. The Morgan fingerprint density at radius 2 is 1.09 bits per heavy atom. The number of rotatable bonds is 2. The summed E-state index contributed by atoms with van der Waals surface area (Å²) in [4.78, 5) is 18.9. The van der Waals surface area contributed by atoms with Crippen molar-refractivity contribution in [2.24, 2.45) is 0 Å². The summed E-state index contributed by atoms with van der Waals surface area (Å²) in [5, 5.41) is 20.5. The van der Waals surface area contributed by atoms with Crippen LogP contribution in [0, 0.1) is 20.2 Å². The minimum Gasteiger partial charge on any atom is -0.258 e. The molecule has 0 aliphatic rings. The van der Waals surface area contributed by atoms with E-state index in [1.165, 1.54) is 24.3 Å². The van der Waals surface area contributed by atoms with E-state index in [0.717, 1.165) is 24.3 Å². The van der Waals surface area contributed by atoms with Crippen molar-refractivity contribution < 1.29 is 23.0 Å². The summed E-state index contributed by atoms with van der Waals surface area (Å²) in [6.07, 6.45) is -4.21. The molecule has 0 saturated heterocycles. The van der Waals surface area contributed by atoms with Crippen LogP contribution in [0.15, 0.2) is 54.6 Å². The van der Waals surface area contributed by atoms with Crippen LogP contribution in [-0.2, 0) is 6.18 Å². The molecule has 2 rings (SSSR count). The molecule has 9 heteroatoms. The van der Waals surface area contributed by atoms with Crippen LogP contribution in [0.4, 0.5) is 24.5 Å². The van der Waals surface area contributed by atoms with Gasteiger partial charge in [-0.1, -0.05) is 42.5 Å². The first-order valence-corrected chi connectivity index (χ1v) is 5.73. The summed E-state index contributed by atoms with van der Waals surface area (Å²) >= 11 is 0. The third kappa shape index (κ3) is 4.85. The quantitative estimate of drug-likeness (QED) is 0.613. The van der Waals surface area contributed by atoms with E-state index in [4.69, 9.17) is 0 Å². The second kappa shape index (κ2) is 7.16. The highest BCUT2D eigenvalue weighted by molar-refractivity contribution is 5.51. The molecule has 116 valence electrons. The van der Waals surface area contributed by atoms with Gasteiger partial charge in [0, 0.05) is 12.1 Å². The first kappa shape index (κ1) is 17.1. The predicted molar refractivity (Wildman–Crippen MR) is 71.2 cm³/mol. The molecule has 0 aliphatic carbocycles. The smallest absolute Gasteiger partial charge is 0.258 e. The van der Waals surface area contributed by atoms with Gasteiger partial charge in [-0.15, -0.1) is 0 Å². The monoisotopic (exact) mass is 314 g/mol. The normalized spacial score (nSPS) is 10.3. The van der Waals surface area contributed by atoms with Gasteiger partial charge >= 0.3 is 17.6 Å². The molecule has 6 nitrogen and oxygen atoms in total. The number of benzene rings is 2. The molecule has 2 aromatic carbocycles. The Bertz CT molecular complexity index is 627. The molecule has 0 saturated carbocycles. The first-order chi connectivity index (χ1) is 10.2. The first-order valence-electron chi connectivity index (χ1n) is 5.73. The molecule has 0 heterocycles. The van der Waals surface area contributed by atoms with Crippen LogP contribution in [0.3, 0.4) is 0 Å². The van der Waals surface area contributed by atoms with Gasteiger partial charge in [0.2, 0.25) is 0 Å². The number of hydrogen-bond donors (Lipinski definition) is 0. The van der Waals surface area contributed by atoms with Crippen LogP contribution in [0.2, 0.25) is 0 Å². The molecule has 0 radical (unpaired) electrons. The second-order valence-electron chi connectivity index (χ2n) is 3.87. The predicted octanol–water partition coefficient (Wildman–Crippen LogP) is 4.21. The lowest BCUT2D eigenvalue weighted by molar-refractivity contribution is -0.422.